The number of carbonyl (C=O) groups is 2. The number of hydrogen-bond donors (Lipinski definition) is 1. The summed E-state index contributed by atoms with van der Waals surface area (Å²) < 4.78 is 27.4. The van der Waals surface area contributed by atoms with Gasteiger partial charge in [0, 0.05) is 35.1 Å². The first-order valence-electron chi connectivity index (χ1n) is 12.8. The number of halogens is 1. The van der Waals surface area contributed by atoms with Gasteiger partial charge in [-0.3, -0.25) is 24.0 Å². The first kappa shape index (κ1) is 31.8. The van der Waals surface area contributed by atoms with Crippen molar-refractivity contribution in [2.75, 3.05) is 17.1 Å². The molecule has 218 valence electrons. The Morgan fingerprint density at radius 2 is 1.61 bits per heavy atom. The average Bonchev–Trinajstić information content (AvgIpc) is 2.89. The van der Waals surface area contributed by atoms with E-state index in [1.54, 1.807) is 12.1 Å². The summed E-state index contributed by atoms with van der Waals surface area (Å²) in [5.41, 5.74) is 0.595. The number of nitrogens with one attached hydrogen (secondary N) is 1. The van der Waals surface area contributed by atoms with E-state index in [0.717, 1.165) is 32.2 Å². The molecule has 12 heteroatoms. The van der Waals surface area contributed by atoms with Gasteiger partial charge in [0.15, 0.2) is 0 Å². The highest BCUT2D eigenvalue weighted by Crippen LogP contribution is 2.24. The Bertz CT molecular complexity index is 1490. The molecule has 0 aliphatic rings. The highest BCUT2D eigenvalue weighted by molar-refractivity contribution is 9.10. The number of nitro groups is 1. The van der Waals surface area contributed by atoms with Crippen LogP contribution in [-0.2, 0) is 32.6 Å². The molecule has 0 heterocycles. The van der Waals surface area contributed by atoms with Gasteiger partial charge in [0.2, 0.25) is 21.8 Å². The third-order valence-corrected chi connectivity index (χ3v) is 7.71. The van der Waals surface area contributed by atoms with Crippen LogP contribution in [0.25, 0.3) is 0 Å². The standard InChI is InChI=1S/C29H33BrN4O6S/c1-29(2,3)31-28(36)26(17-21-9-6-5-7-10-21)32(19-22-13-15-23(30)16-14-22)27(35)20-33(41(4,39)40)24-11-8-12-25(18-24)34(37)38/h5-16,18,26H,17,19-20H2,1-4H3,(H,31,36). The number of rotatable bonds is 11. The van der Waals surface area contributed by atoms with Gasteiger partial charge in [-0.25, -0.2) is 8.42 Å². The Balaban J connectivity index is 2.09. The molecule has 3 aromatic rings. The SMILES string of the molecule is CC(C)(C)NC(=O)C(Cc1ccccc1)N(Cc1ccc(Br)cc1)C(=O)CN(c1cccc([N+](=O)[O-])c1)S(C)(=O)=O. The average molecular weight is 646 g/mol. The zero-order chi connectivity index (χ0) is 30.4. The first-order chi connectivity index (χ1) is 19.1. The predicted molar refractivity (Wildman–Crippen MR) is 162 cm³/mol. The summed E-state index contributed by atoms with van der Waals surface area (Å²) in [5.74, 6) is -1.04. The quantitative estimate of drug-likeness (QED) is 0.238. The first-order valence-corrected chi connectivity index (χ1v) is 15.4. The van der Waals surface area contributed by atoms with E-state index in [2.05, 4.69) is 21.2 Å². The summed E-state index contributed by atoms with van der Waals surface area (Å²) in [7, 11) is -4.04. The largest absolute Gasteiger partial charge is 0.350 e. The Hall–Kier alpha value is -3.77. The van der Waals surface area contributed by atoms with Crippen molar-refractivity contribution in [3.63, 3.8) is 0 Å². The topological polar surface area (TPSA) is 130 Å². The smallest absolute Gasteiger partial charge is 0.271 e. The number of carbonyl (C=O) groups excluding carboxylic acids is 2. The zero-order valence-electron chi connectivity index (χ0n) is 23.3. The van der Waals surface area contributed by atoms with Gasteiger partial charge < -0.3 is 10.2 Å². The van der Waals surface area contributed by atoms with E-state index in [0.29, 0.717) is 0 Å². The van der Waals surface area contributed by atoms with Gasteiger partial charge in [0.1, 0.15) is 12.6 Å². The van der Waals surface area contributed by atoms with Crippen LogP contribution in [0.3, 0.4) is 0 Å². The van der Waals surface area contributed by atoms with Crippen LogP contribution < -0.4 is 9.62 Å². The summed E-state index contributed by atoms with van der Waals surface area (Å²) in [6.45, 7) is 4.86. The number of sulfonamides is 1. The molecule has 0 saturated heterocycles. The minimum atomic E-state index is -4.04. The lowest BCUT2D eigenvalue weighted by Gasteiger charge is -2.35. The maximum absolute atomic E-state index is 14.1. The number of nitro benzene ring substituents is 1. The van der Waals surface area contributed by atoms with E-state index in [1.165, 1.54) is 23.1 Å². The molecule has 0 saturated carbocycles. The van der Waals surface area contributed by atoms with Gasteiger partial charge in [-0.2, -0.15) is 0 Å². The normalized spacial score (nSPS) is 12.3. The Morgan fingerprint density at radius 1 is 0.976 bits per heavy atom. The summed E-state index contributed by atoms with van der Waals surface area (Å²) in [5, 5.41) is 14.3. The Morgan fingerprint density at radius 3 is 2.17 bits per heavy atom. The molecule has 0 spiro atoms. The zero-order valence-corrected chi connectivity index (χ0v) is 25.7. The molecule has 1 atom stereocenters. The van der Waals surface area contributed by atoms with Gasteiger partial charge >= 0.3 is 0 Å². The molecule has 3 aromatic carbocycles. The molecule has 2 amide bonds. The lowest BCUT2D eigenvalue weighted by atomic mass is 10.0. The maximum atomic E-state index is 14.1. The third-order valence-electron chi connectivity index (χ3n) is 6.04. The molecule has 41 heavy (non-hydrogen) atoms. The Labute approximate surface area is 248 Å². The molecule has 0 aliphatic heterocycles. The number of hydrogen-bond acceptors (Lipinski definition) is 6. The van der Waals surface area contributed by atoms with Crippen LogP contribution >= 0.6 is 15.9 Å². The molecule has 1 unspecified atom stereocenters. The van der Waals surface area contributed by atoms with Crippen molar-refractivity contribution >= 4 is 49.1 Å². The van der Waals surface area contributed by atoms with Gasteiger partial charge in [-0.15, -0.1) is 0 Å². The minimum absolute atomic E-state index is 0.0215. The van der Waals surface area contributed by atoms with E-state index in [4.69, 9.17) is 0 Å². The molecule has 0 radical (unpaired) electrons. The van der Waals surface area contributed by atoms with Gasteiger partial charge in [-0.05, 0) is 50.1 Å². The summed E-state index contributed by atoms with van der Waals surface area (Å²) >= 11 is 3.40. The van der Waals surface area contributed by atoms with Crippen LogP contribution in [0.4, 0.5) is 11.4 Å². The van der Waals surface area contributed by atoms with Crippen LogP contribution in [0.15, 0.2) is 83.3 Å². The number of non-ortho nitro benzene ring substituents is 1. The number of benzene rings is 3. The fourth-order valence-electron chi connectivity index (χ4n) is 4.17. The van der Waals surface area contributed by atoms with E-state index in [9.17, 15) is 28.1 Å². The van der Waals surface area contributed by atoms with Crippen molar-refractivity contribution in [3.8, 4) is 0 Å². The van der Waals surface area contributed by atoms with Crippen molar-refractivity contribution in [2.45, 2.75) is 45.3 Å². The van der Waals surface area contributed by atoms with E-state index >= 15 is 0 Å². The third kappa shape index (κ3) is 9.39. The van der Waals surface area contributed by atoms with Crippen molar-refractivity contribution in [1.82, 2.24) is 10.2 Å². The van der Waals surface area contributed by atoms with Gasteiger partial charge in [-0.1, -0.05) is 64.5 Å². The number of nitrogens with zero attached hydrogens (tertiary/aromatic N) is 3. The monoisotopic (exact) mass is 644 g/mol. The minimum Gasteiger partial charge on any atom is -0.350 e. The van der Waals surface area contributed by atoms with Crippen LogP contribution in [0, 0.1) is 10.1 Å². The summed E-state index contributed by atoms with van der Waals surface area (Å²) in [4.78, 5) is 39.8. The van der Waals surface area contributed by atoms with E-state index in [-0.39, 0.29) is 24.3 Å². The van der Waals surface area contributed by atoms with Gasteiger partial charge in [0.25, 0.3) is 5.69 Å². The van der Waals surface area contributed by atoms with Crippen LogP contribution in [0.1, 0.15) is 31.9 Å². The highest BCUT2D eigenvalue weighted by Gasteiger charge is 2.34. The van der Waals surface area contributed by atoms with Crippen molar-refractivity contribution in [3.05, 3.63) is 105 Å². The fraction of sp³-hybridized carbons (Fsp3) is 0.310. The van der Waals surface area contributed by atoms with Crippen LogP contribution in [0.5, 0.6) is 0 Å². The van der Waals surface area contributed by atoms with E-state index in [1.807, 2.05) is 63.2 Å². The maximum Gasteiger partial charge on any atom is 0.271 e. The highest BCUT2D eigenvalue weighted by atomic mass is 79.9. The molecule has 0 fully saturated rings. The van der Waals surface area contributed by atoms with Crippen molar-refractivity contribution < 1.29 is 22.9 Å². The molecular weight excluding hydrogens is 612 g/mol. The van der Waals surface area contributed by atoms with Crippen LogP contribution in [-0.4, -0.2) is 54.4 Å². The number of amides is 2. The molecule has 0 bridgehead atoms. The lowest BCUT2D eigenvalue weighted by Crippen LogP contribution is -2.56. The fourth-order valence-corrected chi connectivity index (χ4v) is 5.27. The molecule has 10 nitrogen and oxygen atoms in total. The van der Waals surface area contributed by atoms with Crippen molar-refractivity contribution in [1.29, 1.82) is 0 Å². The second-order valence-electron chi connectivity index (χ2n) is 10.6. The van der Waals surface area contributed by atoms with Crippen LogP contribution in [0.2, 0.25) is 0 Å². The number of anilines is 1. The second kappa shape index (κ2) is 13.3. The molecular formula is C29H33BrN4O6S. The molecule has 1 N–H and O–H groups in total. The molecule has 0 aliphatic carbocycles. The van der Waals surface area contributed by atoms with Gasteiger partial charge in [0.05, 0.1) is 16.9 Å². The summed E-state index contributed by atoms with van der Waals surface area (Å²) in [6, 6.07) is 20.5. The Kier molecular flexibility index (Phi) is 10.3. The second-order valence-corrected chi connectivity index (χ2v) is 13.5. The molecule has 3 rings (SSSR count). The summed E-state index contributed by atoms with van der Waals surface area (Å²) in [6.07, 6.45) is 1.10. The van der Waals surface area contributed by atoms with Crippen molar-refractivity contribution in [2.24, 2.45) is 0 Å². The van der Waals surface area contributed by atoms with E-state index < -0.39 is 44.9 Å². The molecule has 0 aromatic heterocycles. The lowest BCUT2D eigenvalue weighted by molar-refractivity contribution is -0.384. The predicted octanol–water partition coefficient (Wildman–Crippen LogP) is 4.68.